The quantitative estimate of drug-likeness (QED) is 0.0182. The molecular weight excluding hydrogens is 727 g/mol. The number of ketones is 2. The Morgan fingerprint density at radius 3 is 1.65 bits per heavy atom. The van der Waals surface area contributed by atoms with Gasteiger partial charge in [-0.15, -0.1) is 0 Å². The molecule has 1 unspecified atom stereocenters. The van der Waals surface area contributed by atoms with Crippen LogP contribution in [0.3, 0.4) is 0 Å². The van der Waals surface area contributed by atoms with Crippen molar-refractivity contribution in [3.63, 3.8) is 0 Å². The second-order valence-electron chi connectivity index (χ2n) is 16.2. The number of carbonyl (C=O) groups is 4. The molecule has 10 N–H and O–H groups in total. The molecule has 1 heterocycles. The Bertz CT molecular complexity index is 1130. The fourth-order valence-corrected chi connectivity index (χ4v) is 7.60. The summed E-state index contributed by atoms with van der Waals surface area (Å²) in [6.45, 7) is 2.69. The van der Waals surface area contributed by atoms with Crippen LogP contribution >= 0.6 is 0 Å². The molecule has 1 aliphatic rings. The molecule has 0 spiro atoms. The average Bonchev–Trinajstić information content (AvgIpc) is 3.20. The van der Waals surface area contributed by atoms with Crippen molar-refractivity contribution in [2.75, 3.05) is 26.2 Å². The third-order valence-electron chi connectivity index (χ3n) is 11.3. The van der Waals surface area contributed by atoms with E-state index in [2.05, 4.69) is 31.3 Å². The van der Waals surface area contributed by atoms with Gasteiger partial charge in [0.25, 0.3) is 0 Å². The minimum absolute atomic E-state index is 0.130. The lowest BCUT2D eigenvalue weighted by molar-refractivity contribution is -0.291. The van der Waals surface area contributed by atoms with Gasteiger partial charge in [0.15, 0.2) is 11.6 Å². The van der Waals surface area contributed by atoms with Crippen LogP contribution in [0.25, 0.3) is 0 Å². The molecule has 6 atom stereocenters. The summed E-state index contributed by atoms with van der Waals surface area (Å²) in [6.07, 6.45) is 27.6. The van der Waals surface area contributed by atoms with Crippen LogP contribution in [0.1, 0.15) is 181 Å². The van der Waals surface area contributed by atoms with Gasteiger partial charge in [-0.05, 0) is 38.5 Å². The van der Waals surface area contributed by atoms with Crippen molar-refractivity contribution in [2.45, 2.75) is 211 Å². The molecule has 0 bridgehead atoms. The van der Waals surface area contributed by atoms with E-state index in [9.17, 15) is 34.5 Å². The molecular formula is C44H83N5O8. The molecule has 2 amide bonds. The molecule has 13 nitrogen and oxygen atoms in total. The van der Waals surface area contributed by atoms with Crippen molar-refractivity contribution in [1.29, 1.82) is 0 Å². The van der Waals surface area contributed by atoms with E-state index in [1.807, 2.05) is 0 Å². The van der Waals surface area contributed by atoms with Gasteiger partial charge in [0.05, 0.1) is 25.8 Å². The minimum atomic E-state index is -2.24. The fraction of sp³-hybridized carbons (Fsp3) is 0.864. The highest BCUT2D eigenvalue weighted by molar-refractivity contribution is 6.06. The Balaban J connectivity index is 2.91. The number of nitrogens with one attached hydrogen (secondary N) is 1. The van der Waals surface area contributed by atoms with Crippen LogP contribution in [0.15, 0.2) is 12.2 Å². The molecule has 0 radical (unpaired) electrons. The van der Waals surface area contributed by atoms with E-state index >= 15 is 0 Å². The number of allylic oxidation sites excluding steroid dienone is 2. The van der Waals surface area contributed by atoms with Crippen molar-refractivity contribution >= 4 is 23.4 Å². The maximum Gasteiger partial charge on any atom is 0.245 e. The summed E-state index contributed by atoms with van der Waals surface area (Å²) in [6, 6.07) is -1.60. The lowest BCUT2D eigenvalue weighted by Gasteiger charge is -2.52. The van der Waals surface area contributed by atoms with E-state index in [1.165, 1.54) is 88.4 Å². The monoisotopic (exact) mass is 810 g/mol. The van der Waals surface area contributed by atoms with Gasteiger partial charge < -0.3 is 41.7 Å². The number of hydrogen-bond acceptors (Lipinski definition) is 11. The van der Waals surface area contributed by atoms with Crippen LogP contribution in [0.5, 0.6) is 0 Å². The zero-order chi connectivity index (χ0) is 42.3. The third-order valence-corrected chi connectivity index (χ3v) is 11.3. The Kier molecular flexibility index (Phi) is 30.2. The second-order valence-corrected chi connectivity index (χ2v) is 16.2. The van der Waals surface area contributed by atoms with Gasteiger partial charge >= 0.3 is 0 Å². The van der Waals surface area contributed by atoms with E-state index in [4.69, 9.17) is 21.9 Å². The van der Waals surface area contributed by atoms with E-state index in [-0.39, 0.29) is 18.9 Å². The van der Waals surface area contributed by atoms with Crippen LogP contribution < -0.4 is 22.5 Å². The van der Waals surface area contributed by atoms with Crippen LogP contribution in [0.4, 0.5) is 0 Å². The SMILES string of the molecule is CCCCCCCC/C=C\CCCCCCCC(=O)N(CCCCCCCCCCCCCC)[C@]1(N)O[C@H](CO)[C@@H](O)[C@H](O)[C@H]1C(=O)CNC(=O)C(N)C(=O)CN. The topological polar surface area (TPSA) is 232 Å². The first-order valence-electron chi connectivity index (χ1n) is 22.7. The van der Waals surface area contributed by atoms with E-state index in [0.29, 0.717) is 12.8 Å². The highest BCUT2D eigenvalue weighted by Gasteiger charge is 2.58. The summed E-state index contributed by atoms with van der Waals surface area (Å²) in [4.78, 5) is 53.4. The normalized spacial score (nSPS) is 21.5. The Morgan fingerprint density at radius 1 is 0.719 bits per heavy atom. The number of nitrogens with two attached hydrogens (primary N) is 3. The number of carbonyl (C=O) groups excluding carboxylic acids is 4. The summed E-state index contributed by atoms with van der Waals surface area (Å²) >= 11 is 0. The van der Waals surface area contributed by atoms with Crippen LogP contribution in [0, 0.1) is 5.92 Å². The molecule has 1 aliphatic heterocycles. The Labute approximate surface area is 344 Å². The maximum absolute atomic E-state index is 14.0. The highest BCUT2D eigenvalue weighted by atomic mass is 16.6. The third kappa shape index (κ3) is 21.0. The van der Waals surface area contributed by atoms with Crippen molar-refractivity contribution in [2.24, 2.45) is 23.1 Å². The van der Waals surface area contributed by atoms with E-state index in [0.717, 1.165) is 64.2 Å². The van der Waals surface area contributed by atoms with Gasteiger partial charge in [-0.3, -0.25) is 24.9 Å². The number of rotatable bonds is 36. The predicted molar refractivity (Wildman–Crippen MR) is 227 cm³/mol. The van der Waals surface area contributed by atoms with Gasteiger partial charge in [0, 0.05) is 13.0 Å². The molecule has 0 aromatic rings. The van der Waals surface area contributed by atoms with Gasteiger partial charge in [0.2, 0.25) is 17.7 Å². The van der Waals surface area contributed by atoms with Gasteiger partial charge in [0.1, 0.15) is 24.2 Å². The smallest absolute Gasteiger partial charge is 0.245 e. The first-order valence-corrected chi connectivity index (χ1v) is 22.7. The Morgan fingerprint density at radius 2 is 1.18 bits per heavy atom. The molecule has 57 heavy (non-hydrogen) atoms. The van der Waals surface area contributed by atoms with Crippen molar-refractivity contribution in [3.8, 4) is 0 Å². The molecule has 0 aromatic heterocycles. The number of aliphatic hydroxyl groups is 3. The second kappa shape index (κ2) is 32.6. The zero-order valence-electron chi connectivity index (χ0n) is 35.8. The van der Waals surface area contributed by atoms with Crippen LogP contribution in [0.2, 0.25) is 0 Å². The number of amides is 2. The maximum atomic E-state index is 14.0. The molecule has 0 aliphatic carbocycles. The number of unbranched alkanes of at least 4 members (excludes halogenated alkanes) is 22. The largest absolute Gasteiger partial charge is 0.394 e. The molecule has 1 rings (SSSR count). The standard InChI is InChI=1S/C44H83N5O8/c1-3-5-7-9-11-13-15-17-18-19-20-22-24-26-28-30-38(53)49(31-29-27-25-23-21-16-14-12-10-8-6-4-2)44(47)39(42(55)41(54)37(34-50)57-44)36(52)33-48-43(56)40(46)35(51)32-45/h17-18,37,39-42,50,54-55H,3-16,19-34,45-47H2,1-2H3,(H,48,56)/b18-17-/t37-,39-,40?,41-,42-,44+/m1/s1. The Hall–Kier alpha value is -2.26. The lowest BCUT2D eigenvalue weighted by atomic mass is 9.82. The number of Topliss-reactive ketones (excluding diaryl/α,β-unsaturated/α-hetero) is 2. The zero-order valence-corrected chi connectivity index (χ0v) is 35.8. The minimum Gasteiger partial charge on any atom is -0.394 e. The predicted octanol–water partition coefficient (Wildman–Crippen LogP) is 5.44. The highest BCUT2D eigenvalue weighted by Crippen LogP contribution is 2.36. The summed E-state index contributed by atoms with van der Waals surface area (Å²) in [5.74, 6) is -6.81. The summed E-state index contributed by atoms with van der Waals surface area (Å²) in [7, 11) is 0. The number of ether oxygens (including phenoxy) is 1. The molecule has 0 saturated carbocycles. The van der Waals surface area contributed by atoms with Gasteiger partial charge in [-0.1, -0.05) is 148 Å². The summed E-state index contributed by atoms with van der Waals surface area (Å²) in [5, 5.41) is 34.4. The first kappa shape index (κ1) is 52.8. The number of aliphatic hydroxyl groups excluding tert-OH is 3. The molecule has 1 fully saturated rings. The van der Waals surface area contributed by atoms with Gasteiger partial charge in [-0.25, -0.2) is 0 Å². The van der Waals surface area contributed by atoms with E-state index < -0.39 is 73.3 Å². The van der Waals surface area contributed by atoms with Crippen molar-refractivity contribution in [3.05, 3.63) is 12.2 Å². The molecule has 13 heteroatoms. The molecule has 1 saturated heterocycles. The summed E-state index contributed by atoms with van der Waals surface area (Å²) in [5.41, 5.74) is 17.8. The van der Waals surface area contributed by atoms with Crippen molar-refractivity contribution < 1.29 is 39.2 Å². The van der Waals surface area contributed by atoms with Crippen LogP contribution in [-0.4, -0.2) is 100 Å². The molecule has 332 valence electrons. The lowest BCUT2D eigenvalue weighted by Crippen LogP contribution is -2.75. The van der Waals surface area contributed by atoms with Crippen molar-refractivity contribution in [1.82, 2.24) is 10.2 Å². The fourth-order valence-electron chi connectivity index (χ4n) is 7.60. The van der Waals surface area contributed by atoms with E-state index in [1.54, 1.807) is 0 Å². The van der Waals surface area contributed by atoms with Crippen LogP contribution in [-0.2, 0) is 23.9 Å². The average molecular weight is 810 g/mol. The van der Waals surface area contributed by atoms with Gasteiger partial charge in [-0.2, -0.15) is 0 Å². The number of nitrogens with zero attached hydrogens (tertiary/aromatic N) is 1. The number of hydrogen-bond donors (Lipinski definition) is 7. The summed E-state index contributed by atoms with van der Waals surface area (Å²) < 4.78 is 6.01. The first-order chi connectivity index (χ1) is 27.5. The molecule has 0 aromatic carbocycles.